The van der Waals surface area contributed by atoms with Gasteiger partial charge in [-0.25, -0.2) is 0 Å². The predicted molar refractivity (Wildman–Crippen MR) is 115 cm³/mol. The maximum Gasteiger partial charge on any atom is 0.123 e. The third kappa shape index (κ3) is 6.82. The van der Waals surface area contributed by atoms with E-state index in [2.05, 4.69) is 69.4 Å². The first-order valence-corrected chi connectivity index (χ1v) is 10.4. The van der Waals surface area contributed by atoms with Crippen LogP contribution in [0.3, 0.4) is 0 Å². The van der Waals surface area contributed by atoms with Gasteiger partial charge in [-0.1, -0.05) is 52.3 Å². The Labute approximate surface area is 165 Å². The van der Waals surface area contributed by atoms with E-state index in [1.807, 2.05) is 12.1 Å². The van der Waals surface area contributed by atoms with Gasteiger partial charge in [0.1, 0.15) is 17.6 Å². The van der Waals surface area contributed by atoms with Gasteiger partial charge in [0.25, 0.3) is 0 Å². The van der Waals surface area contributed by atoms with Gasteiger partial charge >= 0.3 is 0 Å². The van der Waals surface area contributed by atoms with Gasteiger partial charge < -0.3 is 14.8 Å². The summed E-state index contributed by atoms with van der Waals surface area (Å²) in [5.74, 6) is 2.45. The lowest BCUT2D eigenvalue weighted by Gasteiger charge is -2.22. The average molecular weight is 370 g/mol. The summed E-state index contributed by atoms with van der Waals surface area (Å²) in [6, 6.07) is 16.6. The van der Waals surface area contributed by atoms with Crippen LogP contribution < -0.4 is 14.8 Å². The molecule has 148 valence electrons. The maximum absolute atomic E-state index is 6.34. The molecule has 0 aromatic heterocycles. The zero-order chi connectivity index (χ0) is 19.5. The van der Waals surface area contributed by atoms with E-state index in [0.717, 1.165) is 56.0 Å². The first-order valence-electron chi connectivity index (χ1n) is 10.4. The number of unbranched alkanes of at least 4 members (excludes halogenated alkanes) is 1. The zero-order valence-corrected chi connectivity index (χ0v) is 17.3. The first-order chi connectivity index (χ1) is 13.2. The quantitative estimate of drug-likeness (QED) is 0.425. The topological polar surface area (TPSA) is 30.5 Å². The smallest absolute Gasteiger partial charge is 0.123 e. The van der Waals surface area contributed by atoms with Gasteiger partial charge in [0.2, 0.25) is 0 Å². The van der Waals surface area contributed by atoms with E-state index in [4.69, 9.17) is 9.47 Å². The van der Waals surface area contributed by atoms with E-state index in [-0.39, 0.29) is 6.10 Å². The molecule has 0 aliphatic carbocycles. The second-order valence-electron chi connectivity index (χ2n) is 7.10. The Kier molecular flexibility index (Phi) is 9.03. The molecular weight excluding hydrogens is 334 g/mol. The fraction of sp³-hybridized carbons (Fsp3) is 0.500. The number of nitrogens with one attached hydrogen (secondary N) is 1. The summed E-state index contributed by atoms with van der Waals surface area (Å²) < 4.78 is 12.1. The van der Waals surface area contributed by atoms with Crippen LogP contribution in [0.1, 0.15) is 64.9 Å². The monoisotopic (exact) mass is 369 g/mol. The third-order valence-corrected chi connectivity index (χ3v) is 4.97. The highest BCUT2D eigenvalue weighted by atomic mass is 16.5. The van der Waals surface area contributed by atoms with Crippen molar-refractivity contribution in [3.63, 3.8) is 0 Å². The molecule has 0 aliphatic rings. The summed E-state index contributed by atoms with van der Waals surface area (Å²) in [6.45, 7) is 10.4. The molecule has 0 saturated carbocycles. The van der Waals surface area contributed by atoms with Crippen LogP contribution in [-0.2, 0) is 0 Å². The molecule has 2 atom stereocenters. The van der Waals surface area contributed by atoms with Crippen molar-refractivity contribution in [2.45, 2.75) is 65.4 Å². The molecule has 0 spiro atoms. The largest absolute Gasteiger partial charge is 0.494 e. The van der Waals surface area contributed by atoms with E-state index in [0.29, 0.717) is 5.92 Å². The number of anilines is 1. The van der Waals surface area contributed by atoms with Crippen molar-refractivity contribution in [1.82, 2.24) is 0 Å². The number of hydrogen-bond acceptors (Lipinski definition) is 3. The molecule has 0 aliphatic heterocycles. The highest BCUT2D eigenvalue weighted by Crippen LogP contribution is 2.29. The zero-order valence-electron chi connectivity index (χ0n) is 17.3. The van der Waals surface area contributed by atoms with Gasteiger partial charge in [0.15, 0.2) is 0 Å². The number of ether oxygens (including phenoxy) is 2. The Balaban J connectivity index is 1.90. The van der Waals surface area contributed by atoms with E-state index >= 15 is 0 Å². The predicted octanol–water partition coefficient (Wildman–Crippen LogP) is 6.65. The lowest BCUT2D eigenvalue weighted by Crippen LogP contribution is -2.26. The Morgan fingerprint density at radius 1 is 0.926 bits per heavy atom. The van der Waals surface area contributed by atoms with E-state index < -0.39 is 0 Å². The summed E-state index contributed by atoms with van der Waals surface area (Å²) in [5, 5.41) is 3.49. The van der Waals surface area contributed by atoms with Crippen LogP contribution in [-0.4, -0.2) is 19.3 Å². The first kappa shape index (κ1) is 21.1. The van der Waals surface area contributed by atoms with Gasteiger partial charge in [-0.3, -0.25) is 0 Å². The van der Waals surface area contributed by atoms with Gasteiger partial charge in [0.05, 0.1) is 13.2 Å². The van der Waals surface area contributed by atoms with Gasteiger partial charge in [-0.05, 0) is 61.1 Å². The number of para-hydroxylation sites is 1. The summed E-state index contributed by atoms with van der Waals surface area (Å²) >= 11 is 0. The standard InChI is InChI=1S/C24H35NO2/c1-5-8-17-26-22-15-13-20(14-16-22)25-18-21(7-3)27-24-12-10-9-11-23(24)19(4)6-2/h9-16,19,21,25H,5-8,17-18H2,1-4H3/t19-,21+/m0/s1. The number of hydrogen-bond donors (Lipinski definition) is 1. The van der Waals surface area contributed by atoms with E-state index in [1.165, 1.54) is 5.56 Å². The molecule has 0 amide bonds. The molecule has 1 N–H and O–H groups in total. The van der Waals surface area contributed by atoms with Crippen molar-refractivity contribution in [3.05, 3.63) is 54.1 Å². The van der Waals surface area contributed by atoms with Crippen molar-refractivity contribution in [1.29, 1.82) is 0 Å². The average Bonchev–Trinajstić information content (AvgIpc) is 2.72. The Morgan fingerprint density at radius 3 is 2.33 bits per heavy atom. The minimum atomic E-state index is 0.135. The van der Waals surface area contributed by atoms with Crippen LogP contribution in [0.5, 0.6) is 11.5 Å². The van der Waals surface area contributed by atoms with Crippen molar-refractivity contribution in [2.24, 2.45) is 0 Å². The SMILES string of the molecule is CCCCOc1ccc(NC[C@@H](CC)Oc2ccccc2[C@@H](C)CC)cc1. The highest BCUT2D eigenvalue weighted by Gasteiger charge is 2.14. The molecular formula is C24H35NO2. The lowest BCUT2D eigenvalue weighted by atomic mass is 9.98. The van der Waals surface area contributed by atoms with Gasteiger partial charge in [0, 0.05) is 5.69 Å². The van der Waals surface area contributed by atoms with Crippen LogP contribution in [0.4, 0.5) is 5.69 Å². The molecule has 0 unspecified atom stereocenters. The van der Waals surface area contributed by atoms with E-state index in [1.54, 1.807) is 0 Å². The second kappa shape index (κ2) is 11.5. The maximum atomic E-state index is 6.34. The van der Waals surface area contributed by atoms with Crippen LogP contribution in [0.15, 0.2) is 48.5 Å². The Hall–Kier alpha value is -2.16. The molecule has 0 bridgehead atoms. The van der Waals surface area contributed by atoms with Crippen LogP contribution >= 0.6 is 0 Å². The molecule has 2 rings (SSSR count). The normalized spacial score (nSPS) is 13.0. The fourth-order valence-electron chi connectivity index (χ4n) is 2.90. The highest BCUT2D eigenvalue weighted by molar-refractivity contribution is 5.46. The van der Waals surface area contributed by atoms with Crippen molar-refractivity contribution in [2.75, 3.05) is 18.5 Å². The van der Waals surface area contributed by atoms with Crippen LogP contribution in [0, 0.1) is 0 Å². The van der Waals surface area contributed by atoms with Gasteiger partial charge in [-0.15, -0.1) is 0 Å². The third-order valence-electron chi connectivity index (χ3n) is 4.97. The molecule has 0 heterocycles. The molecule has 3 nitrogen and oxygen atoms in total. The van der Waals surface area contributed by atoms with Gasteiger partial charge in [-0.2, -0.15) is 0 Å². The molecule has 0 saturated heterocycles. The summed E-state index contributed by atoms with van der Waals surface area (Å²) in [6.07, 6.45) is 4.45. The van der Waals surface area contributed by atoms with Crippen LogP contribution in [0.2, 0.25) is 0 Å². The lowest BCUT2D eigenvalue weighted by molar-refractivity contribution is 0.207. The molecule has 2 aromatic carbocycles. The Bertz CT molecular complexity index is 654. The van der Waals surface area contributed by atoms with Crippen LogP contribution in [0.25, 0.3) is 0 Å². The van der Waals surface area contributed by atoms with Crippen molar-refractivity contribution < 1.29 is 9.47 Å². The number of rotatable bonds is 12. The van der Waals surface area contributed by atoms with Crippen molar-refractivity contribution in [3.8, 4) is 11.5 Å². The molecule has 27 heavy (non-hydrogen) atoms. The van der Waals surface area contributed by atoms with Crippen molar-refractivity contribution >= 4 is 5.69 Å². The summed E-state index contributed by atoms with van der Waals surface area (Å²) in [5.41, 5.74) is 2.39. The second-order valence-corrected chi connectivity index (χ2v) is 7.10. The van der Waals surface area contributed by atoms with E-state index in [9.17, 15) is 0 Å². The fourth-order valence-corrected chi connectivity index (χ4v) is 2.90. The minimum Gasteiger partial charge on any atom is -0.494 e. The summed E-state index contributed by atoms with van der Waals surface area (Å²) in [4.78, 5) is 0. The molecule has 3 heteroatoms. The Morgan fingerprint density at radius 2 is 1.67 bits per heavy atom. The molecule has 2 aromatic rings. The molecule has 0 radical (unpaired) electrons. The summed E-state index contributed by atoms with van der Waals surface area (Å²) in [7, 11) is 0. The molecule has 0 fully saturated rings. The number of benzene rings is 2. The minimum absolute atomic E-state index is 0.135.